The van der Waals surface area contributed by atoms with Crippen molar-refractivity contribution >= 4 is 37.3 Å². The van der Waals surface area contributed by atoms with Gasteiger partial charge in [-0.3, -0.25) is 0 Å². The van der Waals surface area contributed by atoms with Crippen molar-refractivity contribution in [3.63, 3.8) is 0 Å². The lowest BCUT2D eigenvalue weighted by Crippen LogP contribution is -2.26. The summed E-state index contributed by atoms with van der Waals surface area (Å²) < 4.78 is 32.5. The molecule has 0 spiro atoms. The number of rotatable bonds is 6. The Balaban J connectivity index is 2.26. The third-order valence-electron chi connectivity index (χ3n) is 3.10. The number of nitrogens with one attached hydrogen (secondary N) is 1. The molecule has 21 heavy (non-hydrogen) atoms. The smallest absolute Gasteiger partial charge is 0.245 e. The molecular formula is C13H17BrN2O3S2. The van der Waals surface area contributed by atoms with E-state index in [1.54, 1.807) is 25.4 Å². The predicted molar refractivity (Wildman–Crippen MR) is 86.9 cm³/mol. The second-order valence-corrected chi connectivity index (χ2v) is 9.11. The maximum absolute atomic E-state index is 12.7. The topological polar surface area (TPSA) is 62.6 Å². The van der Waals surface area contributed by atoms with Crippen LogP contribution >= 0.6 is 27.3 Å². The Labute approximate surface area is 137 Å². The Kier molecular flexibility index (Phi) is 5.26. The van der Waals surface area contributed by atoms with Crippen LogP contribution in [0.25, 0.3) is 0 Å². The van der Waals surface area contributed by atoms with Crippen LogP contribution in [0.1, 0.15) is 16.2 Å². The Bertz CT molecular complexity index is 722. The van der Waals surface area contributed by atoms with Gasteiger partial charge in [0, 0.05) is 30.6 Å². The van der Waals surface area contributed by atoms with Crippen molar-refractivity contribution < 1.29 is 12.8 Å². The monoisotopic (exact) mass is 392 g/mol. The van der Waals surface area contributed by atoms with Gasteiger partial charge in [0.25, 0.3) is 0 Å². The molecule has 5 nitrogen and oxygen atoms in total. The standard InChI is InChI=1S/C13H17BrN2O3S2/c1-9-10(4-5-19-9)8-16(3)21(17,18)12-6-11(7-15-2)20-13(12)14/h4-6,15H,7-8H2,1-3H3. The fourth-order valence-electron chi connectivity index (χ4n) is 1.90. The van der Waals surface area contributed by atoms with E-state index in [4.69, 9.17) is 4.42 Å². The van der Waals surface area contributed by atoms with Gasteiger partial charge >= 0.3 is 0 Å². The Morgan fingerprint density at radius 2 is 2.19 bits per heavy atom. The van der Waals surface area contributed by atoms with Gasteiger partial charge in [0.15, 0.2) is 0 Å². The summed E-state index contributed by atoms with van der Waals surface area (Å²) in [4.78, 5) is 1.28. The van der Waals surface area contributed by atoms with Crippen LogP contribution in [0.5, 0.6) is 0 Å². The minimum absolute atomic E-state index is 0.286. The minimum Gasteiger partial charge on any atom is -0.469 e. The van der Waals surface area contributed by atoms with Gasteiger partial charge in [-0.15, -0.1) is 11.3 Å². The zero-order valence-electron chi connectivity index (χ0n) is 12.0. The number of halogens is 1. The van der Waals surface area contributed by atoms with Gasteiger partial charge in [0.2, 0.25) is 10.0 Å². The maximum atomic E-state index is 12.7. The number of furan rings is 1. The molecule has 2 aromatic heterocycles. The first-order valence-electron chi connectivity index (χ1n) is 6.28. The molecule has 0 amide bonds. The van der Waals surface area contributed by atoms with Crippen molar-refractivity contribution in [3.05, 3.63) is 38.4 Å². The fraction of sp³-hybridized carbons (Fsp3) is 0.385. The summed E-state index contributed by atoms with van der Waals surface area (Å²) >= 11 is 4.77. The molecule has 0 bridgehead atoms. The molecule has 116 valence electrons. The second-order valence-electron chi connectivity index (χ2n) is 4.64. The highest BCUT2D eigenvalue weighted by atomic mass is 79.9. The minimum atomic E-state index is -3.53. The average molecular weight is 393 g/mol. The molecule has 0 unspecified atom stereocenters. The number of hydrogen-bond acceptors (Lipinski definition) is 5. The van der Waals surface area contributed by atoms with Crippen molar-refractivity contribution in [3.8, 4) is 0 Å². The van der Waals surface area contributed by atoms with Crippen LogP contribution in [0, 0.1) is 6.92 Å². The molecule has 1 N–H and O–H groups in total. The highest BCUT2D eigenvalue weighted by Crippen LogP contribution is 2.33. The lowest BCUT2D eigenvalue weighted by Gasteiger charge is -2.16. The van der Waals surface area contributed by atoms with Gasteiger partial charge < -0.3 is 9.73 Å². The van der Waals surface area contributed by atoms with Crippen molar-refractivity contribution in [1.29, 1.82) is 0 Å². The molecule has 2 heterocycles. The first kappa shape index (κ1) is 16.7. The SMILES string of the molecule is CNCc1cc(S(=O)(=O)N(C)Cc2ccoc2C)c(Br)s1. The van der Waals surface area contributed by atoms with E-state index in [0.717, 1.165) is 16.2 Å². The van der Waals surface area contributed by atoms with Gasteiger partial charge in [-0.1, -0.05) is 0 Å². The summed E-state index contributed by atoms with van der Waals surface area (Å²) in [7, 11) is -0.131. The lowest BCUT2D eigenvalue weighted by molar-refractivity contribution is 0.459. The van der Waals surface area contributed by atoms with E-state index in [9.17, 15) is 8.42 Å². The Hall–Kier alpha value is -0.670. The van der Waals surface area contributed by atoms with Crippen LogP contribution < -0.4 is 5.32 Å². The van der Waals surface area contributed by atoms with E-state index in [1.165, 1.54) is 15.6 Å². The summed E-state index contributed by atoms with van der Waals surface area (Å²) in [6, 6.07) is 3.50. The van der Waals surface area contributed by atoms with Gasteiger partial charge in [-0.05, 0) is 42.0 Å². The second kappa shape index (κ2) is 6.62. The molecule has 0 aliphatic heterocycles. The van der Waals surface area contributed by atoms with Crippen molar-refractivity contribution in [1.82, 2.24) is 9.62 Å². The molecule has 0 saturated carbocycles. The molecule has 0 radical (unpaired) electrons. The Morgan fingerprint density at radius 1 is 1.48 bits per heavy atom. The zero-order chi connectivity index (χ0) is 15.6. The van der Waals surface area contributed by atoms with Gasteiger partial charge in [0.05, 0.1) is 10.0 Å². The summed E-state index contributed by atoms with van der Waals surface area (Å²) in [5.41, 5.74) is 0.864. The third kappa shape index (κ3) is 3.57. The molecule has 8 heteroatoms. The highest BCUT2D eigenvalue weighted by Gasteiger charge is 2.26. The van der Waals surface area contributed by atoms with Crippen molar-refractivity contribution in [2.75, 3.05) is 14.1 Å². The molecule has 0 saturated heterocycles. The largest absolute Gasteiger partial charge is 0.469 e. The van der Waals surface area contributed by atoms with Crippen LogP contribution in [-0.2, 0) is 23.1 Å². The summed E-state index contributed by atoms with van der Waals surface area (Å²) in [6.07, 6.45) is 1.57. The maximum Gasteiger partial charge on any atom is 0.245 e. The first-order chi connectivity index (χ1) is 9.86. The predicted octanol–water partition coefficient (Wildman–Crippen LogP) is 2.95. The molecule has 0 atom stereocenters. The number of sulfonamides is 1. The third-order valence-corrected chi connectivity index (χ3v) is 7.16. The van der Waals surface area contributed by atoms with E-state index < -0.39 is 10.0 Å². The molecular weight excluding hydrogens is 376 g/mol. The summed E-state index contributed by atoms with van der Waals surface area (Å²) in [5.74, 6) is 0.734. The van der Waals surface area contributed by atoms with Crippen molar-refractivity contribution in [2.45, 2.75) is 24.9 Å². The molecule has 0 aliphatic carbocycles. The quantitative estimate of drug-likeness (QED) is 0.820. The average Bonchev–Trinajstić information content (AvgIpc) is 2.97. The normalized spacial score (nSPS) is 12.2. The molecule has 0 aliphatic rings. The van der Waals surface area contributed by atoms with Crippen LogP contribution in [0.3, 0.4) is 0 Å². The van der Waals surface area contributed by atoms with Gasteiger partial charge in [-0.2, -0.15) is 4.31 Å². The van der Waals surface area contributed by atoms with Crippen molar-refractivity contribution in [2.24, 2.45) is 0 Å². The van der Waals surface area contributed by atoms with Crippen LogP contribution in [0.15, 0.2) is 31.5 Å². The van der Waals surface area contributed by atoms with E-state index in [-0.39, 0.29) is 6.54 Å². The van der Waals surface area contributed by atoms with Crippen LogP contribution in [0.2, 0.25) is 0 Å². The first-order valence-corrected chi connectivity index (χ1v) is 9.33. The van der Waals surface area contributed by atoms with Crippen LogP contribution in [0.4, 0.5) is 0 Å². The van der Waals surface area contributed by atoms with Crippen LogP contribution in [-0.4, -0.2) is 26.8 Å². The fourth-order valence-corrected chi connectivity index (χ4v) is 5.69. The molecule has 0 fully saturated rings. The lowest BCUT2D eigenvalue weighted by atomic mass is 10.3. The van der Waals surface area contributed by atoms with E-state index in [2.05, 4.69) is 21.2 Å². The van der Waals surface area contributed by atoms with Gasteiger partial charge in [-0.25, -0.2) is 8.42 Å². The molecule has 2 rings (SSSR count). The Morgan fingerprint density at radius 3 is 2.76 bits per heavy atom. The number of aryl methyl sites for hydroxylation is 1. The van der Waals surface area contributed by atoms with E-state index >= 15 is 0 Å². The number of hydrogen-bond donors (Lipinski definition) is 1. The highest BCUT2D eigenvalue weighted by molar-refractivity contribution is 9.11. The zero-order valence-corrected chi connectivity index (χ0v) is 15.2. The summed E-state index contributed by atoms with van der Waals surface area (Å²) in [6.45, 7) is 2.75. The van der Waals surface area contributed by atoms with Gasteiger partial charge in [0.1, 0.15) is 10.7 Å². The number of nitrogens with zero attached hydrogens (tertiary/aromatic N) is 1. The van der Waals surface area contributed by atoms with E-state index in [0.29, 0.717) is 15.2 Å². The number of thiophene rings is 1. The molecule has 0 aromatic carbocycles. The molecule has 2 aromatic rings. The summed E-state index contributed by atoms with van der Waals surface area (Å²) in [5, 5.41) is 3.02. The van der Waals surface area contributed by atoms with E-state index in [1.807, 2.05) is 14.0 Å².